The van der Waals surface area contributed by atoms with E-state index in [0.717, 1.165) is 12.1 Å². The highest BCUT2D eigenvalue weighted by atomic mass is 19.1. The van der Waals surface area contributed by atoms with Gasteiger partial charge >= 0.3 is 0 Å². The molecule has 1 amide bonds. The van der Waals surface area contributed by atoms with Crippen LogP contribution in [0, 0.1) is 11.6 Å². The van der Waals surface area contributed by atoms with E-state index in [-0.39, 0.29) is 22.6 Å². The van der Waals surface area contributed by atoms with Crippen LogP contribution in [0.15, 0.2) is 60.7 Å². The van der Waals surface area contributed by atoms with Crippen molar-refractivity contribution >= 4 is 11.6 Å². The van der Waals surface area contributed by atoms with Gasteiger partial charge in [-0.15, -0.1) is 0 Å². The SMILES string of the molecule is O=C(Nc1ccc(O)cc1)c1cc(-c2ccc(F)cc2F)ccc1O. The highest BCUT2D eigenvalue weighted by molar-refractivity contribution is 6.06. The number of aromatic hydroxyl groups is 2. The second-order valence-electron chi connectivity index (χ2n) is 5.36. The molecular weight excluding hydrogens is 328 g/mol. The molecule has 3 aromatic carbocycles. The third kappa shape index (κ3) is 3.58. The molecule has 0 aliphatic rings. The summed E-state index contributed by atoms with van der Waals surface area (Å²) >= 11 is 0. The number of anilines is 1. The fourth-order valence-electron chi connectivity index (χ4n) is 2.35. The molecule has 126 valence electrons. The Morgan fingerprint density at radius 3 is 2.28 bits per heavy atom. The number of hydrogen-bond acceptors (Lipinski definition) is 3. The van der Waals surface area contributed by atoms with Crippen molar-refractivity contribution in [2.45, 2.75) is 0 Å². The third-order valence-corrected chi connectivity index (χ3v) is 3.61. The zero-order valence-corrected chi connectivity index (χ0v) is 12.8. The van der Waals surface area contributed by atoms with E-state index in [1.165, 1.54) is 48.5 Å². The third-order valence-electron chi connectivity index (χ3n) is 3.61. The van der Waals surface area contributed by atoms with Gasteiger partial charge in [0, 0.05) is 17.3 Å². The molecule has 4 nitrogen and oxygen atoms in total. The fraction of sp³-hybridized carbons (Fsp3) is 0. The van der Waals surface area contributed by atoms with Crippen molar-refractivity contribution in [3.05, 3.63) is 77.9 Å². The Bertz CT molecular complexity index is 940. The summed E-state index contributed by atoms with van der Waals surface area (Å²) in [4.78, 5) is 12.4. The molecule has 0 atom stereocenters. The maximum atomic E-state index is 13.9. The number of benzene rings is 3. The molecule has 0 spiro atoms. The normalized spacial score (nSPS) is 10.5. The van der Waals surface area contributed by atoms with Gasteiger partial charge in [-0.25, -0.2) is 8.78 Å². The molecule has 6 heteroatoms. The van der Waals surface area contributed by atoms with Crippen molar-refractivity contribution < 1.29 is 23.8 Å². The maximum Gasteiger partial charge on any atom is 0.259 e. The van der Waals surface area contributed by atoms with E-state index in [1.807, 2.05) is 0 Å². The molecule has 0 unspecified atom stereocenters. The van der Waals surface area contributed by atoms with Gasteiger partial charge in [0.1, 0.15) is 23.1 Å². The van der Waals surface area contributed by atoms with E-state index in [0.29, 0.717) is 11.3 Å². The zero-order valence-electron chi connectivity index (χ0n) is 12.8. The minimum atomic E-state index is -0.768. The Kier molecular flexibility index (Phi) is 4.35. The van der Waals surface area contributed by atoms with Crippen LogP contribution < -0.4 is 5.32 Å². The Morgan fingerprint density at radius 2 is 1.60 bits per heavy atom. The van der Waals surface area contributed by atoms with Gasteiger partial charge in [0.25, 0.3) is 5.91 Å². The summed E-state index contributed by atoms with van der Waals surface area (Å²) in [5.41, 5.74) is 0.793. The van der Waals surface area contributed by atoms with Gasteiger partial charge < -0.3 is 15.5 Å². The first-order valence-corrected chi connectivity index (χ1v) is 7.33. The largest absolute Gasteiger partial charge is 0.508 e. The molecule has 0 bridgehead atoms. The van der Waals surface area contributed by atoms with Crippen molar-refractivity contribution in [3.8, 4) is 22.6 Å². The van der Waals surface area contributed by atoms with E-state index in [4.69, 9.17) is 0 Å². The number of carbonyl (C=O) groups is 1. The van der Waals surface area contributed by atoms with Gasteiger partial charge in [-0.2, -0.15) is 0 Å². The predicted molar refractivity (Wildman–Crippen MR) is 89.5 cm³/mol. The van der Waals surface area contributed by atoms with Crippen molar-refractivity contribution in [1.82, 2.24) is 0 Å². The molecule has 0 aliphatic heterocycles. The van der Waals surface area contributed by atoms with E-state index in [2.05, 4.69) is 5.32 Å². The lowest BCUT2D eigenvalue weighted by Gasteiger charge is -2.10. The van der Waals surface area contributed by atoms with Gasteiger partial charge in [-0.3, -0.25) is 4.79 Å². The number of phenols is 2. The Hall–Kier alpha value is -3.41. The van der Waals surface area contributed by atoms with E-state index < -0.39 is 17.5 Å². The molecule has 25 heavy (non-hydrogen) atoms. The fourth-order valence-corrected chi connectivity index (χ4v) is 2.35. The molecule has 0 saturated heterocycles. The Morgan fingerprint density at radius 1 is 0.880 bits per heavy atom. The number of rotatable bonds is 3. The Balaban J connectivity index is 1.93. The van der Waals surface area contributed by atoms with Crippen LogP contribution in [0.1, 0.15) is 10.4 Å². The second-order valence-corrected chi connectivity index (χ2v) is 5.36. The summed E-state index contributed by atoms with van der Waals surface area (Å²) in [7, 11) is 0. The lowest BCUT2D eigenvalue weighted by molar-refractivity contribution is 0.102. The van der Waals surface area contributed by atoms with Gasteiger partial charge in [0.05, 0.1) is 5.56 Å². The minimum absolute atomic E-state index is 0.0506. The maximum absolute atomic E-state index is 13.9. The number of halogens is 2. The summed E-state index contributed by atoms with van der Waals surface area (Å²) in [6.07, 6.45) is 0. The van der Waals surface area contributed by atoms with Crippen LogP contribution in [0.4, 0.5) is 14.5 Å². The predicted octanol–water partition coefficient (Wildman–Crippen LogP) is 4.30. The van der Waals surface area contributed by atoms with Gasteiger partial charge in [-0.05, 0) is 54.1 Å². The number of carbonyl (C=O) groups excluding carboxylic acids is 1. The lowest BCUT2D eigenvalue weighted by atomic mass is 10.0. The van der Waals surface area contributed by atoms with E-state index in [9.17, 15) is 23.8 Å². The average molecular weight is 341 g/mol. The molecule has 0 aromatic heterocycles. The Labute approximate surface area is 142 Å². The summed E-state index contributed by atoms with van der Waals surface area (Å²) in [6.45, 7) is 0. The van der Waals surface area contributed by atoms with Crippen LogP contribution in [0.5, 0.6) is 11.5 Å². The van der Waals surface area contributed by atoms with Crippen LogP contribution in [-0.4, -0.2) is 16.1 Å². The molecule has 3 aromatic rings. The molecule has 0 heterocycles. The first kappa shape index (κ1) is 16.4. The standard InChI is InChI=1S/C19H13F2NO3/c20-12-2-7-15(17(21)10-12)11-1-8-18(24)16(9-11)19(25)22-13-3-5-14(23)6-4-13/h1-10,23-24H,(H,22,25). The summed E-state index contributed by atoms with van der Waals surface area (Å²) in [5, 5.41) is 21.7. The van der Waals surface area contributed by atoms with E-state index >= 15 is 0 Å². The smallest absolute Gasteiger partial charge is 0.259 e. The van der Waals surface area contributed by atoms with Crippen LogP contribution in [0.3, 0.4) is 0 Å². The molecule has 3 rings (SSSR count). The van der Waals surface area contributed by atoms with Crippen molar-refractivity contribution in [3.63, 3.8) is 0 Å². The van der Waals surface area contributed by atoms with Crippen LogP contribution in [0.25, 0.3) is 11.1 Å². The second kappa shape index (κ2) is 6.60. The summed E-state index contributed by atoms with van der Waals surface area (Å²) in [5.74, 6) is -2.30. The molecular formula is C19H13F2NO3. The lowest BCUT2D eigenvalue weighted by Crippen LogP contribution is -2.12. The van der Waals surface area contributed by atoms with Crippen LogP contribution >= 0.6 is 0 Å². The highest BCUT2D eigenvalue weighted by Gasteiger charge is 2.15. The van der Waals surface area contributed by atoms with Crippen molar-refractivity contribution in [2.24, 2.45) is 0 Å². The van der Waals surface area contributed by atoms with Gasteiger partial charge in [-0.1, -0.05) is 6.07 Å². The van der Waals surface area contributed by atoms with Crippen LogP contribution in [0.2, 0.25) is 0 Å². The van der Waals surface area contributed by atoms with Crippen molar-refractivity contribution in [2.75, 3.05) is 5.32 Å². The highest BCUT2D eigenvalue weighted by Crippen LogP contribution is 2.29. The van der Waals surface area contributed by atoms with E-state index in [1.54, 1.807) is 0 Å². The number of phenolic OH excluding ortho intramolecular Hbond substituents is 2. The zero-order chi connectivity index (χ0) is 18.0. The van der Waals surface area contributed by atoms with Crippen molar-refractivity contribution in [1.29, 1.82) is 0 Å². The minimum Gasteiger partial charge on any atom is -0.508 e. The van der Waals surface area contributed by atoms with Gasteiger partial charge in [0.15, 0.2) is 0 Å². The molecule has 3 N–H and O–H groups in total. The van der Waals surface area contributed by atoms with Gasteiger partial charge in [0.2, 0.25) is 0 Å². The molecule has 0 radical (unpaired) electrons. The first-order valence-electron chi connectivity index (χ1n) is 7.33. The summed E-state index contributed by atoms with van der Waals surface area (Å²) in [6, 6.07) is 12.9. The number of nitrogens with one attached hydrogen (secondary N) is 1. The van der Waals surface area contributed by atoms with Crippen LogP contribution in [-0.2, 0) is 0 Å². The quantitative estimate of drug-likeness (QED) is 0.622. The number of hydrogen-bond donors (Lipinski definition) is 3. The topological polar surface area (TPSA) is 69.6 Å². The monoisotopic (exact) mass is 341 g/mol. The first-order chi connectivity index (χ1) is 11.9. The summed E-state index contributed by atoms with van der Waals surface area (Å²) < 4.78 is 27.0. The molecule has 0 aliphatic carbocycles. The molecule has 0 fully saturated rings. The average Bonchev–Trinajstić information content (AvgIpc) is 2.58. The molecule has 0 saturated carbocycles. The number of amides is 1.